The Bertz CT molecular complexity index is 1190. The van der Waals surface area contributed by atoms with Gasteiger partial charge < -0.3 is 4.74 Å². The molecule has 2 unspecified atom stereocenters. The summed E-state index contributed by atoms with van der Waals surface area (Å²) < 4.78 is 5.67. The zero-order valence-corrected chi connectivity index (χ0v) is 18.8. The van der Waals surface area contributed by atoms with Crippen LogP contribution in [0.1, 0.15) is 46.4 Å². The second-order valence-corrected chi connectivity index (χ2v) is 8.29. The van der Waals surface area contributed by atoms with Crippen molar-refractivity contribution in [2.45, 2.75) is 38.6 Å². The average Bonchev–Trinajstić information content (AvgIpc) is 3.19. The van der Waals surface area contributed by atoms with Gasteiger partial charge in [0.05, 0.1) is 16.5 Å². The molecule has 1 heterocycles. The van der Waals surface area contributed by atoms with Gasteiger partial charge in [0.1, 0.15) is 0 Å². The van der Waals surface area contributed by atoms with Crippen molar-refractivity contribution in [1.82, 2.24) is 5.06 Å². The number of ketones is 1. The molecule has 1 aliphatic heterocycles. The van der Waals surface area contributed by atoms with E-state index in [1.807, 2.05) is 61.5 Å². The Labute approximate surface area is 196 Å². The normalized spacial score (nSPS) is 20.1. The summed E-state index contributed by atoms with van der Waals surface area (Å²) in [6, 6.07) is 22.2. The van der Waals surface area contributed by atoms with E-state index in [1.165, 1.54) is 31.2 Å². The van der Waals surface area contributed by atoms with Crippen LogP contribution in [0.2, 0.25) is 0 Å². The first kappa shape index (κ1) is 23.3. The number of carbonyl (C=O) groups excluding carboxylic acids is 2. The molecule has 0 N–H and O–H groups in total. The molecule has 174 valence electrons. The molecule has 0 aliphatic carbocycles. The zero-order valence-electron chi connectivity index (χ0n) is 18.8. The van der Waals surface area contributed by atoms with E-state index >= 15 is 0 Å². The number of carbonyl (C=O) groups is 2. The predicted molar refractivity (Wildman–Crippen MR) is 124 cm³/mol. The van der Waals surface area contributed by atoms with Crippen molar-refractivity contribution in [3.8, 4) is 0 Å². The minimum absolute atomic E-state index is 0.0863. The minimum Gasteiger partial charge on any atom is -0.420 e. The molecule has 1 fully saturated rings. The maximum atomic E-state index is 12.9. The highest BCUT2D eigenvalue weighted by Crippen LogP contribution is 2.43. The van der Waals surface area contributed by atoms with Crippen LogP contribution in [0, 0.1) is 17.0 Å². The fourth-order valence-electron chi connectivity index (χ4n) is 3.89. The lowest BCUT2D eigenvalue weighted by Crippen LogP contribution is -2.42. The van der Waals surface area contributed by atoms with Crippen molar-refractivity contribution < 1.29 is 24.1 Å². The smallest absolute Gasteiger partial charge is 0.341 e. The molecular formula is C26H24N2O6. The van der Waals surface area contributed by atoms with Crippen molar-refractivity contribution in [3.05, 3.63) is 111 Å². The lowest BCUT2D eigenvalue weighted by molar-refractivity contribution is -0.384. The number of rotatable bonds is 7. The third-order valence-electron chi connectivity index (χ3n) is 5.83. The number of non-ortho nitro benzene ring substituents is 1. The molecule has 8 nitrogen and oxygen atoms in total. The van der Waals surface area contributed by atoms with Crippen LogP contribution in [0.15, 0.2) is 78.9 Å². The van der Waals surface area contributed by atoms with Crippen LogP contribution < -0.4 is 0 Å². The number of esters is 1. The van der Waals surface area contributed by atoms with Gasteiger partial charge in [-0.05, 0) is 30.2 Å². The summed E-state index contributed by atoms with van der Waals surface area (Å²) in [5.41, 5.74) is 2.93. The summed E-state index contributed by atoms with van der Waals surface area (Å²) in [4.78, 5) is 42.1. The molecule has 0 radical (unpaired) electrons. The molecule has 4 rings (SSSR count). The Morgan fingerprint density at radius 1 is 1.06 bits per heavy atom. The molecule has 0 bridgehead atoms. The number of nitro groups is 1. The van der Waals surface area contributed by atoms with Crippen LogP contribution in [0.4, 0.5) is 5.69 Å². The summed E-state index contributed by atoms with van der Waals surface area (Å²) >= 11 is 0. The van der Waals surface area contributed by atoms with Gasteiger partial charge in [-0.1, -0.05) is 60.2 Å². The number of nitrogens with zero attached hydrogens (tertiary/aromatic N) is 2. The lowest BCUT2D eigenvalue weighted by atomic mass is 9.96. The maximum Gasteiger partial charge on any atom is 0.341 e. The van der Waals surface area contributed by atoms with Gasteiger partial charge in [-0.15, -0.1) is 0 Å². The number of hydrogen-bond acceptors (Lipinski definition) is 7. The molecule has 0 saturated carbocycles. The van der Waals surface area contributed by atoms with E-state index in [9.17, 15) is 19.7 Å². The Balaban J connectivity index is 1.64. The fourth-order valence-corrected chi connectivity index (χ4v) is 3.89. The molecule has 1 saturated heterocycles. The summed E-state index contributed by atoms with van der Waals surface area (Å²) in [5.74, 6) is -3.06. The van der Waals surface area contributed by atoms with Crippen LogP contribution in [0.3, 0.4) is 0 Å². The van der Waals surface area contributed by atoms with Gasteiger partial charge >= 0.3 is 5.97 Å². The van der Waals surface area contributed by atoms with E-state index in [1.54, 1.807) is 5.06 Å². The molecule has 2 atom stereocenters. The Morgan fingerprint density at radius 2 is 1.71 bits per heavy atom. The first-order chi connectivity index (χ1) is 16.3. The Morgan fingerprint density at radius 3 is 2.29 bits per heavy atom. The van der Waals surface area contributed by atoms with E-state index in [0.717, 1.165) is 16.7 Å². The minimum atomic E-state index is -1.82. The SMILES string of the molecule is CC(=O)C1(OC(=O)c2ccc([N+](=O)[O-])cc2)CC(c2ccc(C)cc2)N(Cc2ccccc2)O1. The standard InChI is InChI=1S/C26H24N2O6/c1-18-8-10-21(11-9-18)24-16-26(19(2)29,34-27(24)17-20-6-4-3-5-7-20)33-25(30)22-12-14-23(15-13-22)28(31)32/h3-15,24H,16-17H2,1-2H3. The topological polar surface area (TPSA) is 99.0 Å². The zero-order chi connectivity index (χ0) is 24.3. The molecule has 1 aliphatic rings. The number of Topliss-reactive ketones (excluding diaryl/α,β-unsaturated/α-hetero) is 1. The van der Waals surface area contributed by atoms with Crippen LogP contribution in [-0.2, 0) is 20.9 Å². The molecule has 3 aromatic rings. The van der Waals surface area contributed by atoms with Gasteiger partial charge in [0.15, 0.2) is 0 Å². The molecule has 3 aromatic carbocycles. The number of aryl methyl sites for hydroxylation is 1. The summed E-state index contributed by atoms with van der Waals surface area (Å²) in [6.45, 7) is 3.69. The van der Waals surface area contributed by atoms with Crippen LogP contribution in [0.25, 0.3) is 0 Å². The molecule has 0 amide bonds. The van der Waals surface area contributed by atoms with Crippen LogP contribution in [0.5, 0.6) is 0 Å². The predicted octanol–water partition coefficient (Wildman–Crippen LogP) is 4.92. The van der Waals surface area contributed by atoms with E-state index < -0.39 is 22.5 Å². The lowest BCUT2D eigenvalue weighted by Gasteiger charge is -2.26. The molecule has 0 spiro atoms. The van der Waals surface area contributed by atoms with Gasteiger partial charge in [0.2, 0.25) is 5.78 Å². The Hall–Kier alpha value is -3.88. The van der Waals surface area contributed by atoms with E-state index in [2.05, 4.69) is 0 Å². The number of hydroxylamine groups is 2. The highest BCUT2D eigenvalue weighted by atomic mass is 16.8. The van der Waals surface area contributed by atoms with Crippen molar-refractivity contribution in [1.29, 1.82) is 0 Å². The largest absolute Gasteiger partial charge is 0.420 e. The highest BCUT2D eigenvalue weighted by molar-refractivity contribution is 5.93. The van der Waals surface area contributed by atoms with Gasteiger partial charge in [-0.3, -0.25) is 14.9 Å². The van der Waals surface area contributed by atoms with Gasteiger partial charge in [-0.2, -0.15) is 5.06 Å². The number of nitro benzene ring substituents is 1. The van der Waals surface area contributed by atoms with Gasteiger partial charge in [0, 0.05) is 32.0 Å². The van der Waals surface area contributed by atoms with Crippen molar-refractivity contribution in [2.24, 2.45) is 0 Å². The van der Waals surface area contributed by atoms with E-state index in [4.69, 9.17) is 9.57 Å². The fraction of sp³-hybridized carbons (Fsp3) is 0.231. The maximum absolute atomic E-state index is 12.9. The average molecular weight is 460 g/mol. The first-order valence-corrected chi connectivity index (χ1v) is 10.8. The van der Waals surface area contributed by atoms with Gasteiger partial charge in [-0.25, -0.2) is 9.63 Å². The number of benzene rings is 3. The summed E-state index contributed by atoms with van der Waals surface area (Å²) in [7, 11) is 0. The monoisotopic (exact) mass is 460 g/mol. The Kier molecular flexibility index (Phi) is 6.54. The first-order valence-electron chi connectivity index (χ1n) is 10.8. The molecule has 8 heteroatoms. The molecule has 0 aromatic heterocycles. The second kappa shape index (κ2) is 9.54. The third-order valence-corrected chi connectivity index (χ3v) is 5.83. The van der Waals surface area contributed by atoms with Crippen molar-refractivity contribution in [2.75, 3.05) is 0 Å². The van der Waals surface area contributed by atoms with Crippen molar-refractivity contribution >= 4 is 17.4 Å². The number of hydrogen-bond donors (Lipinski definition) is 0. The second-order valence-electron chi connectivity index (χ2n) is 8.29. The van der Waals surface area contributed by atoms with E-state index in [-0.39, 0.29) is 23.7 Å². The number of ether oxygens (including phenoxy) is 1. The van der Waals surface area contributed by atoms with Crippen LogP contribution >= 0.6 is 0 Å². The quantitative estimate of drug-likeness (QED) is 0.280. The van der Waals surface area contributed by atoms with Crippen molar-refractivity contribution in [3.63, 3.8) is 0 Å². The third kappa shape index (κ3) is 4.88. The summed E-state index contributed by atoms with van der Waals surface area (Å²) in [6.07, 6.45) is 0.108. The van der Waals surface area contributed by atoms with Crippen LogP contribution in [-0.4, -0.2) is 27.5 Å². The molecule has 34 heavy (non-hydrogen) atoms. The van der Waals surface area contributed by atoms with E-state index in [0.29, 0.717) is 6.54 Å². The highest BCUT2D eigenvalue weighted by Gasteiger charge is 2.53. The summed E-state index contributed by atoms with van der Waals surface area (Å²) in [5, 5.41) is 12.6. The molecular weight excluding hydrogens is 436 g/mol. The van der Waals surface area contributed by atoms with Gasteiger partial charge in [0.25, 0.3) is 11.5 Å².